The zero-order chi connectivity index (χ0) is 11.7. The number of aromatic nitrogens is 1. The lowest BCUT2D eigenvalue weighted by Gasteiger charge is -2.10. The first kappa shape index (κ1) is 10.4. The molecule has 0 radical (unpaired) electrons. The van der Waals surface area contributed by atoms with Crippen LogP contribution in [0.4, 0.5) is 0 Å². The van der Waals surface area contributed by atoms with Gasteiger partial charge < -0.3 is 9.67 Å². The molecule has 4 heteroatoms. The second-order valence-electron chi connectivity index (χ2n) is 3.65. The van der Waals surface area contributed by atoms with Gasteiger partial charge in [-0.1, -0.05) is 12.1 Å². The topological polar surface area (TPSA) is 59.3 Å². The largest absolute Gasteiger partial charge is 0.481 e. The number of benzene rings is 1. The van der Waals surface area contributed by atoms with Crippen molar-refractivity contribution in [2.45, 2.75) is 6.42 Å². The van der Waals surface area contributed by atoms with E-state index in [1.54, 1.807) is 23.7 Å². The van der Waals surface area contributed by atoms with Crippen molar-refractivity contribution in [3.8, 4) is 0 Å². The normalized spacial score (nSPS) is 10.6. The van der Waals surface area contributed by atoms with Crippen molar-refractivity contribution in [3.05, 3.63) is 46.2 Å². The van der Waals surface area contributed by atoms with Crippen LogP contribution in [-0.2, 0) is 18.3 Å². The molecule has 1 aromatic heterocycles. The molecule has 4 nitrogen and oxygen atoms in total. The fourth-order valence-corrected chi connectivity index (χ4v) is 1.78. The van der Waals surface area contributed by atoms with Crippen molar-refractivity contribution in [1.82, 2.24) is 4.57 Å². The van der Waals surface area contributed by atoms with E-state index in [-0.39, 0.29) is 11.8 Å². The third kappa shape index (κ3) is 1.69. The number of carboxylic acid groups (broad SMARTS) is 1. The first-order valence-electron chi connectivity index (χ1n) is 4.89. The van der Waals surface area contributed by atoms with Crippen LogP contribution in [-0.4, -0.2) is 15.6 Å². The van der Waals surface area contributed by atoms with Crippen LogP contribution < -0.4 is 5.43 Å². The summed E-state index contributed by atoms with van der Waals surface area (Å²) in [6.45, 7) is 0. The van der Waals surface area contributed by atoms with Crippen molar-refractivity contribution in [1.29, 1.82) is 0 Å². The summed E-state index contributed by atoms with van der Waals surface area (Å²) in [7, 11) is 1.76. The standard InChI is InChI=1S/C12H11NO3/c1-13-8(7-12(15)16)6-11(14)9-4-2-3-5-10(9)13/h2-6H,7H2,1H3,(H,15,16). The number of rotatable bonds is 2. The molecule has 0 aliphatic carbocycles. The smallest absolute Gasteiger partial charge is 0.309 e. The molecular weight excluding hydrogens is 206 g/mol. The predicted molar refractivity (Wildman–Crippen MR) is 60.5 cm³/mol. The molecule has 0 bridgehead atoms. The zero-order valence-electron chi connectivity index (χ0n) is 8.80. The van der Waals surface area contributed by atoms with E-state index in [1.165, 1.54) is 6.07 Å². The molecule has 0 aliphatic heterocycles. The van der Waals surface area contributed by atoms with Gasteiger partial charge in [0, 0.05) is 24.2 Å². The van der Waals surface area contributed by atoms with Crippen LogP contribution in [0.2, 0.25) is 0 Å². The Balaban J connectivity index is 2.75. The number of nitrogens with zero attached hydrogens (tertiary/aromatic N) is 1. The van der Waals surface area contributed by atoms with Gasteiger partial charge in [-0.15, -0.1) is 0 Å². The molecule has 0 unspecified atom stereocenters. The second-order valence-corrected chi connectivity index (χ2v) is 3.65. The molecular formula is C12H11NO3. The van der Waals surface area contributed by atoms with Gasteiger partial charge in [-0.2, -0.15) is 0 Å². The third-order valence-electron chi connectivity index (χ3n) is 2.59. The van der Waals surface area contributed by atoms with E-state index in [4.69, 9.17) is 5.11 Å². The Morgan fingerprint density at radius 2 is 2.06 bits per heavy atom. The molecule has 0 fully saturated rings. The Kier molecular flexibility index (Phi) is 2.48. The zero-order valence-corrected chi connectivity index (χ0v) is 8.80. The summed E-state index contributed by atoms with van der Waals surface area (Å²) < 4.78 is 1.74. The number of pyridine rings is 1. The molecule has 0 spiro atoms. The van der Waals surface area contributed by atoms with Crippen molar-refractivity contribution in [2.75, 3.05) is 0 Å². The summed E-state index contributed by atoms with van der Waals surface area (Å²) in [5.41, 5.74) is 1.13. The van der Waals surface area contributed by atoms with Crippen molar-refractivity contribution >= 4 is 16.9 Å². The van der Waals surface area contributed by atoms with Crippen LogP contribution >= 0.6 is 0 Å². The Labute approximate surface area is 91.8 Å². The highest BCUT2D eigenvalue weighted by molar-refractivity contribution is 5.80. The van der Waals surface area contributed by atoms with Crippen LogP contribution in [0.15, 0.2) is 35.1 Å². The highest BCUT2D eigenvalue weighted by Gasteiger charge is 2.08. The van der Waals surface area contributed by atoms with Gasteiger partial charge in [0.2, 0.25) is 0 Å². The van der Waals surface area contributed by atoms with Gasteiger partial charge in [0.1, 0.15) is 0 Å². The minimum absolute atomic E-state index is 0.134. The number of aliphatic carboxylic acids is 1. The molecule has 0 amide bonds. The van der Waals surface area contributed by atoms with Gasteiger partial charge in [-0.3, -0.25) is 9.59 Å². The number of fused-ring (bicyclic) bond motifs is 1. The van der Waals surface area contributed by atoms with E-state index in [9.17, 15) is 9.59 Å². The van der Waals surface area contributed by atoms with Crippen LogP contribution in [0.1, 0.15) is 5.69 Å². The molecule has 1 heterocycles. The van der Waals surface area contributed by atoms with Gasteiger partial charge in [-0.25, -0.2) is 0 Å². The molecule has 1 aromatic carbocycles. The van der Waals surface area contributed by atoms with Crippen molar-refractivity contribution in [2.24, 2.45) is 7.05 Å². The molecule has 82 valence electrons. The third-order valence-corrected chi connectivity index (χ3v) is 2.59. The molecule has 0 saturated carbocycles. The van der Waals surface area contributed by atoms with Gasteiger partial charge in [0.05, 0.1) is 11.9 Å². The first-order valence-corrected chi connectivity index (χ1v) is 4.89. The van der Waals surface area contributed by atoms with E-state index >= 15 is 0 Å². The summed E-state index contributed by atoms with van der Waals surface area (Å²) >= 11 is 0. The minimum Gasteiger partial charge on any atom is -0.481 e. The summed E-state index contributed by atoms with van der Waals surface area (Å²) in [6.07, 6.45) is -0.142. The number of hydrogen-bond acceptors (Lipinski definition) is 2. The Morgan fingerprint density at radius 3 is 2.75 bits per heavy atom. The number of carbonyl (C=O) groups is 1. The highest BCUT2D eigenvalue weighted by atomic mass is 16.4. The quantitative estimate of drug-likeness (QED) is 0.821. The van der Waals surface area contributed by atoms with E-state index < -0.39 is 5.97 Å². The molecule has 0 saturated heterocycles. The average Bonchev–Trinajstić information content (AvgIpc) is 2.25. The van der Waals surface area contributed by atoms with Gasteiger partial charge in [0.15, 0.2) is 5.43 Å². The maximum atomic E-state index is 11.7. The lowest BCUT2D eigenvalue weighted by molar-refractivity contribution is -0.136. The minimum atomic E-state index is -0.940. The van der Waals surface area contributed by atoms with Gasteiger partial charge in [0.25, 0.3) is 0 Å². The van der Waals surface area contributed by atoms with E-state index in [1.807, 2.05) is 12.1 Å². The average molecular weight is 217 g/mol. The fraction of sp³-hybridized carbons (Fsp3) is 0.167. The highest BCUT2D eigenvalue weighted by Crippen LogP contribution is 2.11. The summed E-state index contributed by atoms with van der Waals surface area (Å²) in [5.74, 6) is -0.940. The van der Waals surface area contributed by atoms with Crippen LogP contribution in [0.3, 0.4) is 0 Å². The SMILES string of the molecule is Cn1c(CC(=O)O)cc(=O)c2ccccc21. The monoisotopic (exact) mass is 217 g/mol. The Bertz CT molecular complexity index is 613. The van der Waals surface area contributed by atoms with Crippen LogP contribution in [0.25, 0.3) is 10.9 Å². The molecule has 1 N–H and O–H groups in total. The number of para-hydroxylation sites is 1. The van der Waals surface area contributed by atoms with Gasteiger partial charge in [-0.05, 0) is 12.1 Å². The number of aryl methyl sites for hydroxylation is 1. The fourth-order valence-electron chi connectivity index (χ4n) is 1.78. The van der Waals surface area contributed by atoms with E-state index in [0.717, 1.165) is 5.52 Å². The molecule has 2 aromatic rings. The van der Waals surface area contributed by atoms with Crippen LogP contribution in [0.5, 0.6) is 0 Å². The van der Waals surface area contributed by atoms with E-state index in [2.05, 4.69) is 0 Å². The lowest BCUT2D eigenvalue weighted by Crippen LogP contribution is -2.14. The Hall–Kier alpha value is -2.10. The summed E-state index contributed by atoms with van der Waals surface area (Å²) in [4.78, 5) is 22.4. The van der Waals surface area contributed by atoms with Crippen LogP contribution in [0, 0.1) is 0 Å². The predicted octanol–water partition coefficient (Wildman–Crippen LogP) is 1.17. The summed E-state index contributed by atoms with van der Waals surface area (Å²) in [5, 5.41) is 9.35. The number of carboxylic acids is 1. The van der Waals surface area contributed by atoms with Crippen molar-refractivity contribution < 1.29 is 9.90 Å². The molecule has 2 rings (SSSR count). The van der Waals surface area contributed by atoms with E-state index in [0.29, 0.717) is 11.1 Å². The maximum absolute atomic E-state index is 11.7. The Morgan fingerprint density at radius 1 is 1.38 bits per heavy atom. The van der Waals surface area contributed by atoms with Crippen molar-refractivity contribution in [3.63, 3.8) is 0 Å². The summed E-state index contributed by atoms with van der Waals surface area (Å²) in [6, 6.07) is 8.55. The van der Waals surface area contributed by atoms with Gasteiger partial charge >= 0.3 is 5.97 Å². The lowest BCUT2D eigenvalue weighted by atomic mass is 10.1. The first-order chi connectivity index (χ1) is 7.59. The second kappa shape index (κ2) is 3.81. The number of hydrogen-bond donors (Lipinski definition) is 1. The maximum Gasteiger partial charge on any atom is 0.309 e. The molecule has 16 heavy (non-hydrogen) atoms. The molecule has 0 aliphatic rings. The molecule has 0 atom stereocenters.